The molecule has 0 spiro atoms. The first-order chi connectivity index (χ1) is 13.5. The molecule has 0 radical (unpaired) electrons. The molecule has 0 saturated carbocycles. The number of hydrogen-bond acceptors (Lipinski definition) is 3. The Morgan fingerprint density at radius 1 is 1.14 bits per heavy atom. The second kappa shape index (κ2) is 12.4. The third-order valence-corrected chi connectivity index (χ3v) is 11.2. The molecule has 1 heterocycles. The van der Waals surface area contributed by atoms with Crippen molar-refractivity contribution >= 4 is 8.32 Å². The maximum absolute atomic E-state index is 6.32. The number of hydrogen-bond donors (Lipinski definition) is 0. The Bertz CT molecular complexity index is 531. The van der Waals surface area contributed by atoms with Gasteiger partial charge in [-0.1, -0.05) is 57.4 Å². The van der Waals surface area contributed by atoms with Gasteiger partial charge in [0, 0.05) is 20.1 Å². The van der Waals surface area contributed by atoms with E-state index in [0.29, 0.717) is 5.92 Å². The number of unbranched alkanes of at least 4 members (excludes halogenated alkanes) is 1. The summed E-state index contributed by atoms with van der Waals surface area (Å²) in [6.07, 6.45) is 12.8. The Labute approximate surface area is 182 Å². The summed E-state index contributed by atoms with van der Waals surface area (Å²) in [5.41, 5.74) is 2.92. The molecule has 1 rings (SSSR count). The van der Waals surface area contributed by atoms with Crippen LogP contribution in [0.3, 0.4) is 0 Å². The van der Waals surface area contributed by atoms with E-state index in [2.05, 4.69) is 66.8 Å². The minimum atomic E-state index is -1.64. The second-order valence-corrected chi connectivity index (χ2v) is 15.2. The highest BCUT2D eigenvalue weighted by Crippen LogP contribution is 2.37. The fourth-order valence-electron chi connectivity index (χ4n) is 3.50. The number of allylic oxidation sites excluding steroid dienone is 3. The van der Waals surface area contributed by atoms with Crippen LogP contribution in [0.2, 0.25) is 18.1 Å². The zero-order valence-corrected chi connectivity index (χ0v) is 21.8. The molecule has 3 atom stereocenters. The van der Waals surface area contributed by atoms with Gasteiger partial charge in [0.15, 0.2) is 14.6 Å². The third kappa shape index (κ3) is 9.50. The van der Waals surface area contributed by atoms with E-state index in [1.54, 1.807) is 7.11 Å². The molecule has 0 aromatic carbocycles. The summed E-state index contributed by atoms with van der Waals surface area (Å²) >= 11 is 0. The van der Waals surface area contributed by atoms with Gasteiger partial charge in [0.25, 0.3) is 0 Å². The van der Waals surface area contributed by atoms with Gasteiger partial charge in [-0.15, -0.1) is 0 Å². The predicted molar refractivity (Wildman–Crippen MR) is 128 cm³/mol. The minimum absolute atomic E-state index is 0.0594. The maximum atomic E-state index is 6.32. The molecule has 0 aromatic heterocycles. The number of ether oxygens (including phenoxy) is 2. The lowest BCUT2D eigenvalue weighted by atomic mass is 9.91. The zero-order chi connectivity index (χ0) is 22.1. The molecule has 0 bridgehead atoms. The molecule has 2 unspecified atom stereocenters. The van der Waals surface area contributed by atoms with Crippen LogP contribution in [-0.4, -0.2) is 34.4 Å². The van der Waals surface area contributed by atoms with Gasteiger partial charge in [0.1, 0.15) is 0 Å². The molecule has 0 amide bonds. The average Bonchev–Trinajstić information content (AvgIpc) is 3.02. The van der Waals surface area contributed by atoms with E-state index >= 15 is 0 Å². The van der Waals surface area contributed by atoms with Crippen LogP contribution in [0.1, 0.15) is 86.5 Å². The second-order valence-electron chi connectivity index (χ2n) is 10.4. The van der Waals surface area contributed by atoms with Gasteiger partial charge >= 0.3 is 0 Å². The van der Waals surface area contributed by atoms with E-state index in [0.717, 1.165) is 32.3 Å². The first-order valence-corrected chi connectivity index (χ1v) is 14.6. The summed E-state index contributed by atoms with van der Waals surface area (Å²) in [4.78, 5) is 0. The number of methoxy groups -OCH3 is 1. The van der Waals surface area contributed by atoms with E-state index in [-0.39, 0.29) is 17.4 Å². The molecule has 29 heavy (non-hydrogen) atoms. The highest BCUT2D eigenvalue weighted by atomic mass is 28.4. The van der Waals surface area contributed by atoms with Crippen LogP contribution in [0.4, 0.5) is 0 Å². The van der Waals surface area contributed by atoms with Crippen molar-refractivity contribution < 1.29 is 13.9 Å². The van der Waals surface area contributed by atoms with Crippen LogP contribution in [0.25, 0.3) is 0 Å². The Morgan fingerprint density at radius 3 is 2.41 bits per heavy atom. The van der Waals surface area contributed by atoms with E-state index in [4.69, 9.17) is 13.9 Å². The fourth-order valence-corrected chi connectivity index (χ4v) is 4.58. The van der Waals surface area contributed by atoms with E-state index < -0.39 is 8.32 Å². The summed E-state index contributed by atoms with van der Waals surface area (Å²) in [7, 11) is 0.120. The Kier molecular flexibility index (Phi) is 11.4. The lowest BCUT2D eigenvalue weighted by molar-refractivity contribution is -0.105. The van der Waals surface area contributed by atoms with Gasteiger partial charge < -0.3 is 13.9 Å². The lowest BCUT2D eigenvalue weighted by Gasteiger charge is -2.36. The molecule has 4 heteroatoms. The largest absolute Gasteiger partial charge is 0.417 e. The predicted octanol–water partition coefficient (Wildman–Crippen LogP) is 7.64. The SMILES string of the molecule is CCC/C=C(\C)CC[C@H]1CC(OC)OC1/C=C(\C)CCCO[Si](C)(C)C(C)(C)C. The topological polar surface area (TPSA) is 27.7 Å². The lowest BCUT2D eigenvalue weighted by Crippen LogP contribution is -2.40. The Hall–Kier alpha value is -0.423. The molecule has 1 aliphatic rings. The first kappa shape index (κ1) is 26.6. The Morgan fingerprint density at radius 2 is 1.83 bits per heavy atom. The van der Waals surface area contributed by atoms with Gasteiger partial charge in [-0.2, -0.15) is 0 Å². The summed E-state index contributed by atoms with van der Waals surface area (Å²) in [6, 6.07) is 0. The van der Waals surface area contributed by atoms with Crippen LogP contribution in [-0.2, 0) is 13.9 Å². The van der Waals surface area contributed by atoms with Crippen molar-refractivity contribution in [3.05, 3.63) is 23.3 Å². The van der Waals surface area contributed by atoms with Crippen LogP contribution < -0.4 is 0 Å². The van der Waals surface area contributed by atoms with Crippen molar-refractivity contribution in [2.24, 2.45) is 5.92 Å². The van der Waals surface area contributed by atoms with Crippen molar-refractivity contribution in [3.8, 4) is 0 Å². The van der Waals surface area contributed by atoms with Crippen molar-refractivity contribution in [2.75, 3.05) is 13.7 Å². The van der Waals surface area contributed by atoms with Gasteiger partial charge in [0.05, 0.1) is 6.10 Å². The highest BCUT2D eigenvalue weighted by Gasteiger charge is 2.37. The van der Waals surface area contributed by atoms with Gasteiger partial charge in [-0.3, -0.25) is 0 Å². The summed E-state index contributed by atoms with van der Waals surface area (Å²) in [5, 5.41) is 0.279. The standard InChI is InChI=1S/C25H48O3Si/c1-10-11-13-20(2)15-16-22-19-24(26-7)28-23(22)18-21(3)14-12-17-27-29(8,9)25(4,5)6/h13,18,22-24H,10-12,14-17,19H2,1-9H3/b20-13+,21-18+/t22-,23?,24?/m0/s1. The highest BCUT2D eigenvalue weighted by molar-refractivity contribution is 6.74. The Balaban J connectivity index is 2.54. The molecule has 0 aliphatic carbocycles. The third-order valence-electron chi connectivity index (χ3n) is 6.66. The average molecular weight is 425 g/mol. The van der Waals surface area contributed by atoms with E-state index in [1.807, 2.05) is 0 Å². The monoisotopic (exact) mass is 424 g/mol. The molecule has 1 fully saturated rings. The van der Waals surface area contributed by atoms with Crippen LogP contribution in [0.5, 0.6) is 0 Å². The van der Waals surface area contributed by atoms with Gasteiger partial charge in [-0.05, 0) is 70.0 Å². The molecular formula is C25H48O3Si. The van der Waals surface area contributed by atoms with Gasteiger partial charge in [-0.25, -0.2) is 0 Å². The number of rotatable bonds is 12. The van der Waals surface area contributed by atoms with E-state index in [1.165, 1.54) is 30.4 Å². The van der Waals surface area contributed by atoms with Crippen molar-refractivity contribution in [3.63, 3.8) is 0 Å². The maximum Gasteiger partial charge on any atom is 0.191 e. The van der Waals surface area contributed by atoms with Crippen molar-refractivity contribution in [1.29, 1.82) is 0 Å². The molecular weight excluding hydrogens is 376 g/mol. The summed E-state index contributed by atoms with van der Waals surface area (Å²) in [6.45, 7) is 19.1. The van der Waals surface area contributed by atoms with Crippen LogP contribution in [0.15, 0.2) is 23.3 Å². The minimum Gasteiger partial charge on any atom is -0.417 e. The van der Waals surface area contributed by atoms with Crippen molar-refractivity contribution in [1.82, 2.24) is 0 Å². The molecule has 3 nitrogen and oxygen atoms in total. The van der Waals surface area contributed by atoms with Crippen LogP contribution >= 0.6 is 0 Å². The van der Waals surface area contributed by atoms with Gasteiger partial charge in [0.2, 0.25) is 0 Å². The first-order valence-electron chi connectivity index (χ1n) is 11.6. The molecule has 1 saturated heterocycles. The molecule has 0 aromatic rings. The quantitative estimate of drug-likeness (QED) is 0.183. The zero-order valence-electron chi connectivity index (χ0n) is 20.8. The molecule has 1 aliphatic heterocycles. The summed E-state index contributed by atoms with van der Waals surface area (Å²) in [5.74, 6) is 0.545. The fraction of sp³-hybridized carbons (Fsp3) is 0.840. The molecule has 0 N–H and O–H groups in total. The molecule has 170 valence electrons. The van der Waals surface area contributed by atoms with E-state index in [9.17, 15) is 0 Å². The van der Waals surface area contributed by atoms with Crippen molar-refractivity contribution in [2.45, 2.75) is 117 Å². The van der Waals surface area contributed by atoms with Crippen LogP contribution in [0, 0.1) is 5.92 Å². The summed E-state index contributed by atoms with van der Waals surface area (Å²) < 4.78 is 18.0. The normalized spacial score (nSPS) is 24.4. The smallest absolute Gasteiger partial charge is 0.191 e.